The third-order valence-corrected chi connectivity index (χ3v) is 3.83. The summed E-state index contributed by atoms with van der Waals surface area (Å²) in [5, 5.41) is 2.78. The number of anilines is 1. The van der Waals surface area contributed by atoms with Crippen LogP contribution in [0.5, 0.6) is 5.75 Å². The topological polar surface area (TPSA) is 55.4 Å². The molecule has 0 saturated carbocycles. The first-order valence-corrected chi connectivity index (χ1v) is 8.00. The first-order chi connectivity index (χ1) is 11.6. The van der Waals surface area contributed by atoms with Gasteiger partial charge < -0.3 is 10.1 Å². The Labute approximate surface area is 141 Å². The molecule has 24 heavy (non-hydrogen) atoms. The Morgan fingerprint density at radius 1 is 1.08 bits per heavy atom. The average molecular weight is 321 g/mol. The van der Waals surface area contributed by atoms with Crippen molar-refractivity contribution in [3.05, 3.63) is 65.7 Å². The van der Waals surface area contributed by atoms with Crippen molar-refractivity contribution in [3.63, 3.8) is 0 Å². The second-order valence-corrected chi connectivity index (χ2v) is 5.80. The van der Waals surface area contributed by atoms with Gasteiger partial charge in [-0.05, 0) is 42.7 Å². The highest BCUT2D eigenvalue weighted by atomic mass is 16.5. The van der Waals surface area contributed by atoms with E-state index >= 15 is 0 Å². The summed E-state index contributed by atoms with van der Waals surface area (Å²) in [5.41, 5.74) is 2.65. The fraction of sp³-hybridized carbons (Fsp3) is 0.200. The van der Waals surface area contributed by atoms with Crippen LogP contribution in [0, 0.1) is 0 Å². The molecule has 3 rings (SSSR count). The number of hydrogen-bond acceptors (Lipinski definition) is 3. The zero-order valence-corrected chi connectivity index (χ0v) is 13.5. The lowest BCUT2D eigenvalue weighted by atomic mass is 9.95. The second-order valence-electron chi connectivity index (χ2n) is 5.80. The van der Waals surface area contributed by atoms with E-state index in [0.717, 1.165) is 24.0 Å². The van der Waals surface area contributed by atoms with Gasteiger partial charge in [0, 0.05) is 30.7 Å². The van der Waals surface area contributed by atoms with Crippen LogP contribution in [0.1, 0.15) is 30.9 Å². The summed E-state index contributed by atoms with van der Waals surface area (Å²) >= 11 is 0. The Bertz CT molecular complexity index is 794. The molecular formula is C20H19NO3. The largest absolute Gasteiger partial charge is 0.457 e. The van der Waals surface area contributed by atoms with Crippen LogP contribution in [0.2, 0.25) is 0 Å². The van der Waals surface area contributed by atoms with Crippen LogP contribution < -0.4 is 10.1 Å². The smallest absolute Gasteiger partial charge is 0.221 e. The molecule has 0 fully saturated rings. The van der Waals surface area contributed by atoms with Crippen LogP contribution in [-0.2, 0) is 16.0 Å². The van der Waals surface area contributed by atoms with Crippen molar-refractivity contribution in [2.24, 2.45) is 0 Å². The third-order valence-electron chi connectivity index (χ3n) is 3.83. The number of carbonyl (C=O) groups is 2. The van der Waals surface area contributed by atoms with Gasteiger partial charge in [-0.3, -0.25) is 9.59 Å². The highest BCUT2D eigenvalue weighted by Crippen LogP contribution is 2.29. The van der Waals surface area contributed by atoms with Gasteiger partial charge in [-0.1, -0.05) is 24.3 Å². The molecule has 0 saturated heterocycles. The maximum absolute atomic E-state index is 12.1. The van der Waals surface area contributed by atoms with Crippen molar-refractivity contribution in [2.75, 3.05) is 5.32 Å². The summed E-state index contributed by atoms with van der Waals surface area (Å²) in [6.45, 7) is 1.47. The zero-order valence-electron chi connectivity index (χ0n) is 13.5. The Hall–Kier alpha value is -2.88. The molecule has 0 aliphatic heterocycles. The molecule has 2 aromatic carbocycles. The molecule has 1 amide bonds. The van der Waals surface area contributed by atoms with Crippen LogP contribution in [0.15, 0.2) is 54.6 Å². The lowest BCUT2D eigenvalue weighted by molar-refractivity contribution is -0.115. The number of rotatable bonds is 3. The molecule has 0 atom stereocenters. The number of para-hydroxylation sites is 1. The molecular weight excluding hydrogens is 302 g/mol. The highest BCUT2D eigenvalue weighted by Gasteiger charge is 2.17. The molecule has 4 nitrogen and oxygen atoms in total. The molecule has 0 radical (unpaired) electrons. The first-order valence-electron chi connectivity index (χ1n) is 8.00. The highest BCUT2D eigenvalue weighted by molar-refractivity contribution is 5.97. The minimum Gasteiger partial charge on any atom is -0.457 e. The Kier molecular flexibility index (Phi) is 4.75. The van der Waals surface area contributed by atoms with E-state index in [0.29, 0.717) is 23.6 Å². The summed E-state index contributed by atoms with van der Waals surface area (Å²) in [5.74, 6) is 1.11. The van der Waals surface area contributed by atoms with Crippen molar-refractivity contribution < 1.29 is 14.3 Å². The van der Waals surface area contributed by atoms with E-state index < -0.39 is 0 Å². The van der Waals surface area contributed by atoms with Crippen LogP contribution in [0.25, 0.3) is 5.76 Å². The lowest BCUT2D eigenvalue weighted by Gasteiger charge is -2.18. The molecule has 2 aromatic rings. The zero-order chi connectivity index (χ0) is 16.9. The van der Waals surface area contributed by atoms with Gasteiger partial charge in [0.2, 0.25) is 5.91 Å². The monoisotopic (exact) mass is 321 g/mol. The van der Waals surface area contributed by atoms with Crippen molar-refractivity contribution in [1.29, 1.82) is 0 Å². The van der Waals surface area contributed by atoms with E-state index in [9.17, 15) is 9.59 Å². The molecule has 1 aliphatic carbocycles. The minimum absolute atomic E-state index is 0.0523. The number of allylic oxidation sites excluding steroid dienone is 1. The van der Waals surface area contributed by atoms with E-state index in [1.807, 2.05) is 48.5 Å². The number of fused-ring (bicyclic) bond motifs is 1. The molecule has 0 aromatic heterocycles. The summed E-state index contributed by atoms with van der Waals surface area (Å²) in [6.07, 6.45) is 3.68. The average Bonchev–Trinajstić information content (AvgIpc) is 2.54. The van der Waals surface area contributed by atoms with Crippen molar-refractivity contribution in [2.45, 2.75) is 26.2 Å². The van der Waals surface area contributed by atoms with Gasteiger partial charge in [-0.25, -0.2) is 0 Å². The summed E-state index contributed by atoms with van der Waals surface area (Å²) in [7, 11) is 0. The van der Waals surface area contributed by atoms with Crippen LogP contribution >= 0.6 is 0 Å². The molecule has 4 heteroatoms. The number of amides is 1. The fourth-order valence-corrected chi connectivity index (χ4v) is 2.75. The number of hydrogen-bond donors (Lipinski definition) is 1. The molecule has 0 bridgehead atoms. The van der Waals surface area contributed by atoms with Crippen LogP contribution in [0.4, 0.5) is 5.69 Å². The molecule has 0 unspecified atom stereocenters. The standard InChI is InChI=1S/C20H19NO3/c1-14(22)21-16-11-10-15-6-5-7-17(23)13-20(19(15)12-16)24-18-8-3-2-4-9-18/h2-4,8-13H,5-7H2,1H3,(H,21,22). The van der Waals surface area contributed by atoms with Crippen LogP contribution in [0.3, 0.4) is 0 Å². The molecule has 1 aliphatic rings. The van der Waals surface area contributed by atoms with Gasteiger partial charge in [0.05, 0.1) is 0 Å². The Balaban J connectivity index is 2.03. The maximum Gasteiger partial charge on any atom is 0.221 e. The SMILES string of the molecule is CC(=O)Nc1ccc2c(c1)C(Oc1ccccc1)=CC(=O)CCC2. The predicted molar refractivity (Wildman–Crippen MR) is 93.7 cm³/mol. The summed E-state index contributed by atoms with van der Waals surface area (Å²) in [6, 6.07) is 15.1. The Morgan fingerprint density at radius 3 is 2.62 bits per heavy atom. The number of nitrogens with one attached hydrogen (secondary N) is 1. The quantitative estimate of drug-likeness (QED) is 0.930. The van der Waals surface area contributed by atoms with E-state index in [1.54, 1.807) is 6.08 Å². The van der Waals surface area contributed by atoms with Crippen molar-refractivity contribution in [1.82, 2.24) is 0 Å². The van der Waals surface area contributed by atoms with E-state index in [4.69, 9.17) is 4.74 Å². The Morgan fingerprint density at radius 2 is 1.88 bits per heavy atom. The molecule has 0 heterocycles. The van der Waals surface area contributed by atoms with Gasteiger partial charge in [0.1, 0.15) is 11.5 Å². The predicted octanol–water partition coefficient (Wildman–Crippen LogP) is 3.97. The van der Waals surface area contributed by atoms with E-state index in [-0.39, 0.29) is 11.7 Å². The van der Waals surface area contributed by atoms with Gasteiger partial charge in [0.25, 0.3) is 0 Å². The van der Waals surface area contributed by atoms with Crippen molar-refractivity contribution in [3.8, 4) is 5.75 Å². The van der Waals surface area contributed by atoms with Crippen LogP contribution in [-0.4, -0.2) is 11.7 Å². The fourth-order valence-electron chi connectivity index (χ4n) is 2.75. The van der Waals surface area contributed by atoms with E-state index in [1.165, 1.54) is 6.92 Å². The number of benzene rings is 2. The summed E-state index contributed by atoms with van der Waals surface area (Å²) in [4.78, 5) is 23.4. The molecule has 0 spiro atoms. The number of ketones is 1. The van der Waals surface area contributed by atoms with Gasteiger partial charge in [-0.15, -0.1) is 0 Å². The third kappa shape index (κ3) is 3.90. The van der Waals surface area contributed by atoms with Crippen molar-refractivity contribution >= 4 is 23.1 Å². The number of ether oxygens (including phenoxy) is 1. The lowest BCUT2D eigenvalue weighted by Crippen LogP contribution is -2.10. The second kappa shape index (κ2) is 7.13. The van der Waals surface area contributed by atoms with Gasteiger partial charge in [-0.2, -0.15) is 0 Å². The normalized spacial score (nSPS) is 14.0. The minimum atomic E-state index is -0.133. The van der Waals surface area contributed by atoms with Gasteiger partial charge >= 0.3 is 0 Å². The first kappa shape index (κ1) is 16.0. The number of aryl methyl sites for hydroxylation is 1. The molecule has 1 N–H and O–H groups in total. The number of carbonyl (C=O) groups excluding carboxylic acids is 2. The summed E-state index contributed by atoms with van der Waals surface area (Å²) < 4.78 is 5.98. The maximum atomic E-state index is 12.1. The molecule has 122 valence electrons. The van der Waals surface area contributed by atoms with E-state index in [2.05, 4.69) is 5.32 Å². The van der Waals surface area contributed by atoms with Gasteiger partial charge in [0.15, 0.2) is 5.78 Å².